The molecule has 0 unspecified atom stereocenters. The van der Waals surface area contributed by atoms with Crippen molar-refractivity contribution in [2.24, 2.45) is 0 Å². The van der Waals surface area contributed by atoms with Crippen LogP contribution >= 0.6 is 15.9 Å². The Morgan fingerprint density at radius 1 is 1.11 bits per heavy atom. The maximum atomic E-state index is 5.83. The van der Waals surface area contributed by atoms with Gasteiger partial charge in [0.2, 0.25) is 0 Å². The first kappa shape index (κ1) is 14.3. The summed E-state index contributed by atoms with van der Waals surface area (Å²) in [7, 11) is 4.14. The minimum absolute atomic E-state index is 0.768. The molecule has 1 aromatic carbocycles. The summed E-state index contributed by atoms with van der Waals surface area (Å²) in [6.45, 7) is 2.76. The molecule has 0 aliphatic carbocycles. The molecular weight excluding hydrogens is 304 g/mol. The Kier molecular flexibility index (Phi) is 5.19. The Balaban J connectivity index is 1.90. The lowest BCUT2D eigenvalue weighted by Crippen LogP contribution is -2.25. The summed E-state index contributed by atoms with van der Waals surface area (Å²) in [6.07, 6.45) is 0. The molecule has 0 amide bonds. The zero-order valence-electron chi connectivity index (χ0n) is 11.3. The second kappa shape index (κ2) is 6.89. The highest BCUT2D eigenvalue weighted by Gasteiger charge is 2.04. The van der Waals surface area contributed by atoms with Gasteiger partial charge in [0.25, 0.3) is 0 Å². The van der Waals surface area contributed by atoms with Gasteiger partial charge in [-0.1, -0.05) is 28.1 Å². The van der Waals surface area contributed by atoms with E-state index in [9.17, 15) is 0 Å². The molecule has 2 rings (SSSR count). The molecular formula is C15H19BrN2O. The highest BCUT2D eigenvalue weighted by Crippen LogP contribution is 2.23. The maximum Gasteiger partial charge on any atom is 0.134 e. The average molecular weight is 323 g/mol. The van der Waals surface area contributed by atoms with Crippen LogP contribution in [0.5, 0.6) is 0 Å². The number of furan rings is 1. The van der Waals surface area contributed by atoms with Gasteiger partial charge in [-0.25, -0.2) is 0 Å². The maximum absolute atomic E-state index is 5.83. The summed E-state index contributed by atoms with van der Waals surface area (Å²) < 4.78 is 6.90. The van der Waals surface area contributed by atoms with E-state index in [1.54, 1.807) is 0 Å². The lowest BCUT2D eigenvalue weighted by atomic mass is 10.2. The van der Waals surface area contributed by atoms with E-state index in [-0.39, 0.29) is 0 Å². The van der Waals surface area contributed by atoms with Crippen molar-refractivity contribution in [3.8, 4) is 11.3 Å². The molecule has 1 heterocycles. The van der Waals surface area contributed by atoms with E-state index >= 15 is 0 Å². The first-order valence-electron chi connectivity index (χ1n) is 6.35. The molecule has 0 radical (unpaired) electrons. The van der Waals surface area contributed by atoms with Crippen molar-refractivity contribution in [3.05, 3.63) is 46.6 Å². The zero-order valence-corrected chi connectivity index (χ0v) is 12.9. The number of rotatable bonds is 6. The topological polar surface area (TPSA) is 28.4 Å². The van der Waals surface area contributed by atoms with Gasteiger partial charge in [0.05, 0.1) is 6.54 Å². The van der Waals surface area contributed by atoms with Crippen LogP contribution in [0.25, 0.3) is 11.3 Å². The molecule has 3 nitrogen and oxygen atoms in total. The standard InChI is InChI=1S/C15H19BrN2O/c1-18(2)10-9-17-11-14-7-8-15(19-14)12-3-5-13(16)6-4-12/h3-8,17H,9-11H2,1-2H3. The summed E-state index contributed by atoms with van der Waals surface area (Å²) in [5.74, 6) is 1.88. The van der Waals surface area contributed by atoms with Crippen LogP contribution in [0.3, 0.4) is 0 Å². The molecule has 0 saturated carbocycles. The van der Waals surface area contributed by atoms with Crippen LogP contribution in [0.1, 0.15) is 5.76 Å². The molecule has 19 heavy (non-hydrogen) atoms. The Labute approximate surface area is 122 Å². The summed E-state index contributed by atoms with van der Waals surface area (Å²) in [5.41, 5.74) is 1.10. The van der Waals surface area contributed by atoms with E-state index in [2.05, 4.69) is 40.2 Å². The highest BCUT2D eigenvalue weighted by molar-refractivity contribution is 9.10. The second-order valence-electron chi connectivity index (χ2n) is 4.75. The van der Waals surface area contributed by atoms with Gasteiger partial charge < -0.3 is 14.6 Å². The minimum Gasteiger partial charge on any atom is -0.460 e. The number of hydrogen-bond acceptors (Lipinski definition) is 3. The summed E-state index contributed by atoms with van der Waals surface area (Å²) in [5, 5.41) is 3.36. The van der Waals surface area contributed by atoms with Gasteiger partial charge in [0.15, 0.2) is 0 Å². The first-order valence-corrected chi connectivity index (χ1v) is 7.14. The fourth-order valence-corrected chi connectivity index (χ4v) is 2.02. The molecule has 1 N–H and O–H groups in total. The highest BCUT2D eigenvalue weighted by atomic mass is 79.9. The summed E-state index contributed by atoms with van der Waals surface area (Å²) in [4.78, 5) is 2.16. The van der Waals surface area contributed by atoms with Gasteiger partial charge >= 0.3 is 0 Å². The molecule has 0 atom stereocenters. The smallest absolute Gasteiger partial charge is 0.134 e. The van der Waals surface area contributed by atoms with E-state index in [1.807, 2.05) is 36.4 Å². The fraction of sp³-hybridized carbons (Fsp3) is 0.333. The van der Waals surface area contributed by atoms with Gasteiger partial charge in [0.1, 0.15) is 11.5 Å². The SMILES string of the molecule is CN(C)CCNCc1ccc(-c2ccc(Br)cc2)o1. The van der Waals surface area contributed by atoms with Crippen molar-refractivity contribution in [1.29, 1.82) is 0 Å². The van der Waals surface area contributed by atoms with Crippen LogP contribution in [-0.2, 0) is 6.54 Å². The second-order valence-corrected chi connectivity index (χ2v) is 5.67. The van der Waals surface area contributed by atoms with Crippen LogP contribution in [-0.4, -0.2) is 32.1 Å². The van der Waals surface area contributed by atoms with Crippen LogP contribution in [0.15, 0.2) is 45.3 Å². The third-order valence-corrected chi connectivity index (χ3v) is 3.35. The monoisotopic (exact) mass is 322 g/mol. The summed E-state index contributed by atoms with van der Waals surface area (Å²) in [6, 6.07) is 12.2. The van der Waals surface area contributed by atoms with E-state index in [1.165, 1.54) is 0 Å². The number of hydrogen-bond donors (Lipinski definition) is 1. The number of likely N-dealkylation sites (N-methyl/N-ethyl adjacent to an activating group) is 1. The normalized spacial score (nSPS) is 11.2. The molecule has 2 aromatic rings. The molecule has 0 spiro atoms. The van der Waals surface area contributed by atoms with E-state index in [0.29, 0.717) is 0 Å². The Morgan fingerprint density at radius 2 is 1.84 bits per heavy atom. The van der Waals surface area contributed by atoms with E-state index < -0.39 is 0 Å². The third-order valence-electron chi connectivity index (χ3n) is 2.83. The average Bonchev–Trinajstić information content (AvgIpc) is 2.84. The van der Waals surface area contributed by atoms with Gasteiger partial charge in [0, 0.05) is 23.1 Å². The molecule has 0 saturated heterocycles. The number of halogens is 1. The Bertz CT molecular complexity index is 505. The van der Waals surface area contributed by atoms with Gasteiger partial charge in [-0.15, -0.1) is 0 Å². The lowest BCUT2D eigenvalue weighted by Gasteiger charge is -2.09. The van der Waals surface area contributed by atoms with Crippen molar-refractivity contribution >= 4 is 15.9 Å². The molecule has 4 heteroatoms. The first-order chi connectivity index (χ1) is 9.15. The van der Waals surface area contributed by atoms with Crippen LogP contribution in [0, 0.1) is 0 Å². The Morgan fingerprint density at radius 3 is 2.53 bits per heavy atom. The molecule has 102 valence electrons. The van der Waals surface area contributed by atoms with Crippen molar-refractivity contribution in [1.82, 2.24) is 10.2 Å². The van der Waals surface area contributed by atoms with Crippen molar-refractivity contribution in [2.75, 3.05) is 27.2 Å². The number of nitrogens with one attached hydrogen (secondary N) is 1. The summed E-state index contributed by atoms with van der Waals surface area (Å²) >= 11 is 3.43. The largest absolute Gasteiger partial charge is 0.460 e. The van der Waals surface area contributed by atoms with Gasteiger partial charge in [-0.2, -0.15) is 0 Å². The van der Waals surface area contributed by atoms with E-state index in [0.717, 1.165) is 41.2 Å². The lowest BCUT2D eigenvalue weighted by molar-refractivity contribution is 0.392. The third kappa shape index (κ3) is 4.49. The van der Waals surface area contributed by atoms with Crippen molar-refractivity contribution < 1.29 is 4.42 Å². The fourth-order valence-electron chi connectivity index (χ4n) is 1.76. The molecule has 1 aromatic heterocycles. The van der Waals surface area contributed by atoms with Crippen molar-refractivity contribution in [3.63, 3.8) is 0 Å². The van der Waals surface area contributed by atoms with Gasteiger partial charge in [-0.05, 0) is 38.4 Å². The molecule has 0 aliphatic rings. The molecule has 0 bridgehead atoms. The van der Waals surface area contributed by atoms with Gasteiger partial charge in [-0.3, -0.25) is 0 Å². The van der Waals surface area contributed by atoms with E-state index in [4.69, 9.17) is 4.42 Å². The molecule has 0 fully saturated rings. The van der Waals surface area contributed by atoms with Crippen LogP contribution < -0.4 is 5.32 Å². The van der Waals surface area contributed by atoms with Crippen LogP contribution in [0.2, 0.25) is 0 Å². The quantitative estimate of drug-likeness (QED) is 0.827. The zero-order chi connectivity index (χ0) is 13.7. The predicted octanol–water partition coefficient (Wildman–Crippen LogP) is 3.36. The van der Waals surface area contributed by atoms with Crippen LogP contribution in [0.4, 0.5) is 0 Å². The molecule has 0 aliphatic heterocycles. The Hall–Kier alpha value is -1.10. The number of benzene rings is 1. The number of nitrogens with zero attached hydrogens (tertiary/aromatic N) is 1. The minimum atomic E-state index is 0.768. The van der Waals surface area contributed by atoms with Crippen molar-refractivity contribution in [2.45, 2.75) is 6.54 Å². The predicted molar refractivity (Wildman–Crippen MR) is 82.1 cm³/mol.